The molecule has 0 aromatic heterocycles. The Morgan fingerprint density at radius 3 is 2.00 bits per heavy atom. The molecule has 0 amide bonds. The maximum Gasteiger partial charge on any atom is 0.192 e. The number of methoxy groups -OCH3 is 1. The van der Waals surface area contributed by atoms with E-state index in [1.165, 1.54) is 0 Å². The zero-order valence-corrected chi connectivity index (χ0v) is 15.8. The third kappa shape index (κ3) is 5.00. The summed E-state index contributed by atoms with van der Waals surface area (Å²) in [6, 6.07) is 7.42. The molecule has 0 saturated carbocycles. The van der Waals surface area contributed by atoms with Gasteiger partial charge in [0, 0.05) is 0 Å². The molecule has 0 fully saturated rings. The minimum Gasteiger partial charge on any atom is -0.497 e. The monoisotopic (exact) mass is 326 g/mol. The number of ether oxygens (including phenoxy) is 2. The molecule has 0 aliphatic heterocycles. The molecule has 0 saturated heterocycles. The molecule has 22 heavy (non-hydrogen) atoms. The van der Waals surface area contributed by atoms with Crippen molar-refractivity contribution in [1.29, 1.82) is 0 Å². The van der Waals surface area contributed by atoms with Gasteiger partial charge < -0.3 is 19.0 Å². The summed E-state index contributed by atoms with van der Waals surface area (Å²) in [6.07, 6.45) is -0.560. The highest BCUT2D eigenvalue weighted by molar-refractivity contribution is 6.74. The molecule has 0 bridgehead atoms. The smallest absolute Gasteiger partial charge is 0.192 e. The van der Waals surface area contributed by atoms with Crippen LogP contribution in [0.5, 0.6) is 11.5 Å². The number of aliphatic hydroxyl groups excluding tert-OH is 1. The van der Waals surface area contributed by atoms with Crippen LogP contribution in [-0.2, 0) is 4.43 Å². The Morgan fingerprint density at radius 2 is 1.59 bits per heavy atom. The Balaban J connectivity index is 2.73. The Hall–Kier alpha value is -1.04. The molecule has 2 atom stereocenters. The average Bonchev–Trinajstić information content (AvgIpc) is 2.44. The first-order chi connectivity index (χ1) is 10.1. The zero-order valence-electron chi connectivity index (χ0n) is 14.8. The lowest BCUT2D eigenvalue weighted by atomic mass is 10.2. The van der Waals surface area contributed by atoms with Crippen LogP contribution in [0.25, 0.3) is 0 Å². The van der Waals surface area contributed by atoms with Gasteiger partial charge in [-0.05, 0) is 49.3 Å². The first kappa shape index (κ1) is 19.0. The predicted molar refractivity (Wildman–Crippen MR) is 92.2 cm³/mol. The fraction of sp³-hybridized carbons (Fsp3) is 0.647. The van der Waals surface area contributed by atoms with E-state index >= 15 is 0 Å². The molecule has 1 rings (SSSR count). The van der Waals surface area contributed by atoms with Gasteiger partial charge in [0.1, 0.15) is 23.7 Å². The maximum atomic E-state index is 9.68. The number of benzene rings is 1. The number of hydrogen-bond donors (Lipinski definition) is 1. The summed E-state index contributed by atoms with van der Waals surface area (Å²) >= 11 is 0. The molecule has 0 heterocycles. The van der Waals surface area contributed by atoms with E-state index in [4.69, 9.17) is 13.9 Å². The van der Waals surface area contributed by atoms with Crippen LogP contribution in [0, 0.1) is 0 Å². The van der Waals surface area contributed by atoms with Crippen LogP contribution in [0.1, 0.15) is 27.7 Å². The number of rotatable bonds is 7. The minimum atomic E-state index is -1.94. The summed E-state index contributed by atoms with van der Waals surface area (Å²) in [5.41, 5.74) is 0. The third-order valence-electron chi connectivity index (χ3n) is 4.34. The van der Waals surface area contributed by atoms with Gasteiger partial charge in [0.15, 0.2) is 8.32 Å². The van der Waals surface area contributed by atoms with Crippen molar-refractivity contribution in [3.05, 3.63) is 24.3 Å². The fourth-order valence-electron chi connectivity index (χ4n) is 1.78. The van der Waals surface area contributed by atoms with Crippen LogP contribution in [0.4, 0.5) is 0 Å². The Kier molecular flexibility index (Phi) is 6.46. The van der Waals surface area contributed by atoms with E-state index in [2.05, 4.69) is 33.9 Å². The van der Waals surface area contributed by atoms with Crippen LogP contribution in [0.3, 0.4) is 0 Å². The van der Waals surface area contributed by atoms with Gasteiger partial charge in [0.05, 0.1) is 13.7 Å². The predicted octanol–water partition coefficient (Wildman–Crippen LogP) is 3.85. The lowest BCUT2D eigenvalue weighted by Gasteiger charge is -2.40. The Morgan fingerprint density at radius 1 is 1.09 bits per heavy atom. The van der Waals surface area contributed by atoms with Crippen molar-refractivity contribution in [2.45, 2.75) is 58.0 Å². The minimum absolute atomic E-state index is 0.0518. The molecule has 0 aliphatic rings. The van der Waals surface area contributed by atoms with Crippen LogP contribution < -0.4 is 9.47 Å². The van der Waals surface area contributed by atoms with Gasteiger partial charge in [-0.1, -0.05) is 20.8 Å². The SMILES string of the molecule is COc1ccc(O[C@H](C)[C@@H](CO)O[Si](C)(C)C(C)(C)C)cc1. The molecule has 1 aromatic rings. The molecule has 0 spiro atoms. The van der Waals surface area contributed by atoms with Crippen molar-refractivity contribution in [1.82, 2.24) is 0 Å². The van der Waals surface area contributed by atoms with Crippen molar-refractivity contribution in [2.24, 2.45) is 0 Å². The van der Waals surface area contributed by atoms with Gasteiger partial charge in [-0.15, -0.1) is 0 Å². The molecule has 4 nitrogen and oxygen atoms in total. The van der Waals surface area contributed by atoms with Crippen molar-refractivity contribution < 1.29 is 19.0 Å². The third-order valence-corrected chi connectivity index (χ3v) is 8.84. The summed E-state index contributed by atoms with van der Waals surface area (Å²) < 4.78 is 17.3. The summed E-state index contributed by atoms with van der Waals surface area (Å²) in [5, 5.41) is 9.78. The van der Waals surface area contributed by atoms with E-state index in [9.17, 15) is 5.11 Å². The van der Waals surface area contributed by atoms with Gasteiger partial charge in [-0.2, -0.15) is 0 Å². The van der Waals surface area contributed by atoms with Crippen LogP contribution in [0.2, 0.25) is 18.1 Å². The lowest BCUT2D eigenvalue weighted by Crippen LogP contribution is -2.48. The summed E-state index contributed by atoms with van der Waals surface area (Å²) in [6.45, 7) is 12.8. The van der Waals surface area contributed by atoms with Gasteiger partial charge in [-0.25, -0.2) is 0 Å². The quantitative estimate of drug-likeness (QED) is 0.773. The second-order valence-electron chi connectivity index (χ2n) is 7.10. The van der Waals surface area contributed by atoms with E-state index in [0.717, 1.165) is 11.5 Å². The van der Waals surface area contributed by atoms with E-state index in [1.54, 1.807) is 7.11 Å². The van der Waals surface area contributed by atoms with E-state index in [0.29, 0.717) is 0 Å². The van der Waals surface area contributed by atoms with Crippen molar-refractivity contribution in [3.63, 3.8) is 0 Å². The molecule has 126 valence electrons. The van der Waals surface area contributed by atoms with Gasteiger partial charge in [0.25, 0.3) is 0 Å². The standard InChI is InChI=1S/C17H30O4Si/c1-13(20-15-10-8-14(19-5)9-11-15)16(12-18)21-22(6,7)17(2,3)4/h8-11,13,16,18H,12H2,1-7H3/t13-,16-/m1/s1. The van der Waals surface area contributed by atoms with Gasteiger partial charge in [-0.3, -0.25) is 0 Å². The van der Waals surface area contributed by atoms with Crippen molar-refractivity contribution in [3.8, 4) is 11.5 Å². The molecule has 0 unspecified atom stereocenters. The largest absolute Gasteiger partial charge is 0.497 e. The van der Waals surface area contributed by atoms with Gasteiger partial charge in [0.2, 0.25) is 0 Å². The first-order valence-electron chi connectivity index (χ1n) is 7.70. The maximum absolute atomic E-state index is 9.68. The topological polar surface area (TPSA) is 47.9 Å². The second-order valence-corrected chi connectivity index (χ2v) is 11.9. The summed E-state index contributed by atoms with van der Waals surface area (Å²) in [4.78, 5) is 0. The van der Waals surface area contributed by atoms with E-state index in [1.807, 2.05) is 31.2 Å². The normalized spacial score (nSPS) is 15.3. The van der Waals surface area contributed by atoms with Gasteiger partial charge >= 0.3 is 0 Å². The number of aliphatic hydroxyl groups is 1. The molecule has 1 aromatic carbocycles. The highest BCUT2D eigenvalue weighted by Gasteiger charge is 2.40. The second kappa shape index (κ2) is 7.48. The summed E-state index contributed by atoms with van der Waals surface area (Å²) in [7, 11) is -0.311. The van der Waals surface area contributed by atoms with E-state index in [-0.39, 0.29) is 23.9 Å². The first-order valence-corrected chi connectivity index (χ1v) is 10.6. The highest BCUT2D eigenvalue weighted by atomic mass is 28.4. The average molecular weight is 327 g/mol. The summed E-state index contributed by atoms with van der Waals surface area (Å²) in [5.74, 6) is 1.53. The zero-order chi connectivity index (χ0) is 17.0. The van der Waals surface area contributed by atoms with E-state index < -0.39 is 8.32 Å². The molecular formula is C17H30O4Si. The van der Waals surface area contributed by atoms with Crippen molar-refractivity contribution >= 4 is 8.32 Å². The molecular weight excluding hydrogens is 296 g/mol. The molecule has 1 N–H and O–H groups in total. The van der Waals surface area contributed by atoms with Crippen LogP contribution in [-0.4, -0.2) is 39.3 Å². The van der Waals surface area contributed by atoms with Crippen LogP contribution >= 0.6 is 0 Å². The fourth-order valence-corrected chi connectivity index (χ4v) is 3.16. The number of hydrogen-bond acceptors (Lipinski definition) is 4. The Bertz CT molecular complexity index is 451. The highest BCUT2D eigenvalue weighted by Crippen LogP contribution is 2.37. The molecule has 0 radical (unpaired) electrons. The van der Waals surface area contributed by atoms with Crippen LogP contribution in [0.15, 0.2) is 24.3 Å². The Labute approximate surface area is 135 Å². The van der Waals surface area contributed by atoms with Crippen molar-refractivity contribution in [2.75, 3.05) is 13.7 Å². The lowest BCUT2D eigenvalue weighted by molar-refractivity contribution is 0.0162. The molecule has 0 aliphatic carbocycles. The molecule has 5 heteroatoms.